The van der Waals surface area contributed by atoms with Crippen molar-refractivity contribution in [1.82, 2.24) is 19.8 Å². The van der Waals surface area contributed by atoms with E-state index in [-0.39, 0.29) is 23.1 Å². The van der Waals surface area contributed by atoms with Gasteiger partial charge in [0, 0.05) is 32.6 Å². The van der Waals surface area contributed by atoms with Crippen molar-refractivity contribution < 1.29 is 9.59 Å². The van der Waals surface area contributed by atoms with Crippen LogP contribution in [0, 0.1) is 0 Å². The molecule has 0 bridgehead atoms. The molecule has 0 atom stereocenters. The van der Waals surface area contributed by atoms with E-state index >= 15 is 0 Å². The van der Waals surface area contributed by atoms with E-state index in [0.29, 0.717) is 42.1 Å². The van der Waals surface area contributed by atoms with Crippen LogP contribution in [0.1, 0.15) is 32.6 Å². The predicted octanol–water partition coefficient (Wildman–Crippen LogP) is 2.03. The molecule has 2 heterocycles. The van der Waals surface area contributed by atoms with E-state index < -0.39 is 0 Å². The molecule has 150 valence electrons. The van der Waals surface area contributed by atoms with Gasteiger partial charge in [0.15, 0.2) is 5.16 Å². The Balaban J connectivity index is 1.55. The Morgan fingerprint density at radius 2 is 2.07 bits per heavy atom. The second kappa shape index (κ2) is 9.73. The molecule has 1 aromatic carbocycles. The number of para-hydroxylation sites is 1. The summed E-state index contributed by atoms with van der Waals surface area (Å²) in [6.45, 7) is 4.63. The number of hydrogen-bond donors (Lipinski definition) is 1. The fourth-order valence-electron chi connectivity index (χ4n) is 3.30. The molecule has 2 aromatic rings. The Hall–Kier alpha value is -2.35. The first-order valence-electron chi connectivity index (χ1n) is 9.77. The summed E-state index contributed by atoms with van der Waals surface area (Å²) < 4.78 is 1.65. The molecule has 0 aliphatic carbocycles. The molecule has 0 unspecified atom stereocenters. The number of aromatic nitrogens is 2. The molecule has 1 saturated heterocycles. The van der Waals surface area contributed by atoms with E-state index in [1.165, 1.54) is 11.8 Å². The maximum atomic E-state index is 12.7. The minimum Gasteiger partial charge on any atom is -0.355 e. The molecule has 1 N–H and O–H groups in total. The standard InChI is InChI=1S/C20H26N4O3S/c1-2-11-24-19(27)15-7-3-4-8-16(15)22-20(24)28-14-17(25)21-10-6-13-23-12-5-9-18(23)26/h3-4,7-8H,2,5-6,9-14H2,1H3,(H,21,25). The molecule has 3 rings (SSSR count). The summed E-state index contributed by atoms with van der Waals surface area (Å²) in [5, 5.41) is 4.05. The highest BCUT2D eigenvalue weighted by atomic mass is 32.2. The predicted molar refractivity (Wildman–Crippen MR) is 110 cm³/mol. The highest BCUT2D eigenvalue weighted by Crippen LogP contribution is 2.18. The Kier molecular flexibility index (Phi) is 7.08. The van der Waals surface area contributed by atoms with Gasteiger partial charge < -0.3 is 10.2 Å². The van der Waals surface area contributed by atoms with E-state index in [2.05, 4.69) is 10.3 Å². The van der Waals surface area contributed by atoms with Crippen LogP contribution in [0.2, 0.25) is 0 Å². The van der Waals surface area contributed by atoms with Gasteiger partial charge in [-0.3, -0.25) is 19.0 Å². The molecule has 0 radical (unpaired) electrons. The largest absolute Gasteiger partial charge is 0.355 e. The molecule has 8 heteroatoms. The number of likely N-dealkylation sites (tertiary alicyclic amines) is 1. The number of thioether (sulfide) groups is 1. The second-order valence-electron chi connectivity index (χ2n) is 6.84. The van der Waals surface area contributed by atoms with Crippen LogP contribution in [0.5, 0.6) is 0 Å². The number of rotatable bonds is 9. The molecular formula is C20H26N4O3S. The zero-order valence-electron chi connectivity index (χ0n) is 16.1. The number of carbonyl (C=O) groups is 2. The summed E-state index contributed by atoms with van der Waals surface area (Å²) in [6.07, 6.45) is 3.13. The SMILES string of the molecule is CCCn1c(SCC(=O)NCCCN2CCCC2=O)nc2ccccc2c1=O. The highest BCUT2D eigenvalue weighted by molar-refractivity contribution is 7.99. The lowest BCUT2D eigenvalue weighted by molar-refractivity contribution is -0.127. The van der Waals surface area contributed by atoms with Crippen LogP contribution < -0.4 is 10.9 Å². The third kappa shape index (κ3) is 4.92. The van der Waals surface area contributed by atoms with Gasteiger partial charge in [0.25, 0.3) is 5.56 Å². The maximum absolute atomic E-state index is 12.7. The minimum absolute atomic E-state index is 0.0642. The molecule has 0 spiro atoms. The van der Waals surface area contributed by atoms with Gasteiger partial charge >= 0.3 is 0 Å². The molecular weight excluding hydrogens is 376 g/mol. The van der Waals surface area contributed by atoms with Crippen LogP contribution in [0.25, 0.3) is 10.9 Å². The number of fused-ring (bicyclic) bond motifs is 1. The molecule has 0 saturated carbocycles. The van der Waals surface area contributed by atoms with Crippen molar-refractivity contribution in [2.24, 2.45) is 0 Å². The van der Waals surface area contributed by atoms with Crippen molar-refractivity contribution in [2.45, 2.75) is 44.3 Å². The van der Waals surface area contributed by atoms with Gasteiger partial charge in [-0.2, -0.15) is 0 Å². The number of amides is 2. The molecule has 1 aliphatic rings. The van der Waals surface area contributed by atoms with Crippen molar-refractivity contribution >= 4 is 34.5 Å². The molecule has 2 amide bonds. The van der Waals surface area contributed by atoms with Crippen LogP contribution in [0.3, 0.4) is 0 Å². The third-order valence-corrected chi connectivity index (χ3v) is 5.68. The minimum atomic E-state index is -0.0943. The monoisotopic (exact) mass is 402 g/mol. The van der Waals surface area contributed by atoms with E-state index in [1.807, 2.05) is 30.0 Å². The van der Waals surface area contributed by atoms with Crippen LogP contribution in [-0.2, 0) is 16.1 Å². The van der Waals surface area contributed by atoms with Crippen LogP contribution >= 0.6 is 11.8 Å². The molecule has 1 fully saturated rings. The van der Waals surface area contributed by atoms with Gasteiger partial charge in [-0.15, -0.1) is 0 Å². The molecule has 1 aliphatic heterocycles. The van der Waals surface area contributed by atoms with Gasteiger partial charge in [0.2, 0.25) is 11.8 Å². The summed E-state index contributed by atoms with van der Waals surface area (Å²) >= 11 is 1.28. The van der Waals surface area contributed by atoms with Crippen LogP contribution in [0.15, 0.2) is 34.2 Å². The lowest BCUT2D eigenvalue weighted by Gasteiger charge is -2.15. The summed E-state index contributed by atoms with van der Waals surface area (Å²) in [5.41, 5.74) is 0.587. The van der Waals surface area contributed by atoms with Crippen molar-refractivity contribution in [3.8, 4) is 0 Å². The average Bonchev–Trinajstić information content (AvgIpc) is 3.11. The Labute approximate surface area is 168 Å². The Bertz CT molecular complexity index is 912. The fourth-order valence-corrected chi connectivity index (χ4v) is 4.15. The number of carbonyl (C=O) groups excluding carboxylic acids is 2. The number of benzene rings is 1. The second-order valence-corrected chi connectivity index (χ2v) is 7.79. The number of nitrogens with zero attached hydrogens (tertiary/aromatic N) is 3. The quantitative estimate of drug-likeness (QED) is 0.394. The smallest absolute Gasteiger partial charge is 0.262 e. The molecule has 1 aromatic heterocycles. The first-order valence-corrected chi connectivity index (χ1v) is 10.8. The van der Waals surface area contributed by atoms with Gasteiger partial charge in [-0.25, -0.2) is 4.98 Å². The lowest BCUT2D eigenvalue weighted by Crippen LogP contribution is -2.31. The zero-order valence-corrected chi connectivity index (χ0v) is 17.0. The molecule has 7 nitrogen and oxygen atoms in total. The van der Waals surface area contributed by atoms with Crippen molar-refractivity contribution in [1.29, 1.82) is 0 Å². The van der Waals surface area contributed by atoms with Crippen molar-refractivity contribution in [3.05, 3.63) is 34.6 Å². The van der Waals surface area contributed by atoms with Gasteiger partial charge in [-0.05, 0) is 31.4 Å². The number of hydrogen-bond acceptors (Lipinski definition) is 5. The number of nitrogens with one attached hydrogen (secondary N) is 1. The van der Waals surface area contributed by atoms with E-state index in [4.69, 9.17) is 0 Å². The van der Waals surface area contributed by atoms with E-state index in [0.717, 1.165) is 25.8 Å². The first-order chi connectivity index (χ1) is 13.6. The van der Waals surface area contributed by atoms with Crippen LogP contribution in [-0.4, -0.2) is 51.7 Å². The van der Waals surface area contributed by atoms with Crippen LogP contribution in [0.4, 0.5) is 0 Å². The summed E-state index contributed by atoms with van der Waals surface area (Å²) in [4.78, 5) is 42.9. The lowest BCUT2D eigenvalue weighted by atomic mass is 10.2. The average molecular weight is 403 g/mol. The van der Waals surface area contributed by atoms with Gasteiger partial charge in [-0.1, -0.05) is 30.8 Å². The van der Waals surface area contributed by atoms with E-state index in [1.54, 1.807) is 10.6 Å². The maximum Gasteiger partial charge on any atom is 0.262 e. The van der Waals surface area contributed by atoms with E-state index in [9.17, 15) is 14.4 Å². The fraction of sp³-hybridized carbons (Fsp3) is 0.500. The van der Waals surface area contributed by atoms with Gasteiger partial charge in [0.1, 0.15) is 0 Å². The first kappa shape index (κ1) is 20.4. The Morgan fingerprint density at radius 1 is 1.25 bits per heavy atom. The highest BCUT2D eigenvalue weighted by Gasteiger charge is 2.19. The van der Waals surface area contributed by atoms with Gasteiger partial charge in [0.05, 0.1) is 16.7 Å². The topological polar surface area (TPSA) is 84.3 Å². The summed E-state index contributed by atoms with van der Waals surface area (Å²) in [5.74, 6) is 0.318. The Morgan fingerprint density at radius 3 is 2.82 bits per heavy atom. The molecule has 28 heavy (non-hydrogen) atoms. The van der Waals surface area contributed by atoms with Crippen molar-refractivity contribution in [3.63, 3.8) is 0 Å². The van der Waals surface area contributed by atoms with Crippen molar-refractivity contribution in [2.75, 3.05) is 25.4 Å². The summed E-state index contributed by atoms with van der Waals surface area (Å²) in [7, 11) is 0. The normalized spacial score (nSPS) is 14.0. The third-order valence-electron chi connectivity index (χ3n) is 4.70. The zero-order chi connectivity index (χ0) is 19.9. The summed E-state index contributed by atoms with van der Waals surface area (Å²) in [6, 6.07) is 7.28.